The maximum atomic E-state index is 4.67. The van der Waals surface area contributed by atoms with E-state index in [0.29, 0.717) is 0 Å². The van der Waals surface area contributed by atoms with Crippen LogP contribution < -0.4 is 5.32 Å². The monoisotopic (exact) mass is 350 g/mol. The third kappa shape index (κ3) is 3.71. The van der Waals surface area contributed by atoms with Crippen LogP contribution in [-0.2, 0) is 19.9 Å². The molecule has 21 heavy (non-hydrogen) atoms. The van der Waals surface area contributed by atoms with Gasteiger partial charge in [0.25, 0.3) is 0 Å². The zero-order valence-corrected chi connectivity index (χ0v) is 14.7. The quantitative estimate of drug-likeness (QED) is 0.868. The molecular weight excluding hydrogens is 328 g/mol. The van der Waals surface area contributed by atoms with Gasteiger partial charge in [0.1, 0.15) is 0 Å². The predicted octanol–water partition coefficient (Wildman–Crippen LogP) is 3.34. The smallest absolute Gasteiger partial charge is 0.0766 e. The molecule has 0 bridgehead atoms. The summed E-state index contributed by atoms with van der Waals surface area (Å²) in [6.07, 6.45) is 1.80. The van der Waals surface area contributed by atoms with Crippen molar-refractivity contribution in [3.63, 3.8) is 0 Å². The van der Waals surface area contributed by atoms with Crippen LogP contribution in [0.4, 0.5) is 0 Å². The fraction of sp³-hybridized carbons (Fsp3) is 0.500. The van der Waals surface area contributed by atoms with E-state index >= 15 is 0 Å². The van der Waals surface area contributed by atoms with Crippen molar-refractivity contribution in [3.8, 4) is 0 Å². The summed E-state index contributed by atoms with van der Waals surface area (Å²) in [6.45, 7) is 7.19. The molecule has 5 heteroatoms. The first-order chi connectivity index (χ1) is 10.1. The van der Waals surface area contributed by atoms with Crippen molar-refractivity contribution in [1.29, 1.82) is 0 Å². The first-order valence-corrected chi connectivity index (χ1v) is 8.23. The van der Waals surface area contributed by atoms with Gasteiger partial charge in [-0.15, -0.1) is 0 Å². The van der Waals surface area contributed by atoms with Crippen molar-refractivity contribution < 1.29 is 0 Å². The van der Waals surface area contributed by atoms with Crippen LogP contribution in [0.25, 0.3) is 0 Å². The molecular formula is C16H23BrN4. The Labute approximate surface area is 135 Å². The molecule has 1 N–H and O–H groups in total. The SMILES string of the molecule is CCNC(Cc1c(Br)c(CC)nn1C)c1cccc(C)n1. The Morgan fingerprint density at radius 1 is 1.33 bits per heavy atom. The van der Waals surface area contributed by atoms with E-state index in [1.54, 1.807) is 0 Å². The van der Waals surface area contributed by atoms with Gasteiger partial charge >= 0.3 is 0 Å². The maximum Gasteiger partial charge on any atom is 0.0766 e. The molecule has 0 fully saturated rings. The molecule has 4 nitrogen and oxygen atoms in total. The number of hydrogen-bond acceptors (Lipinski definition) is 3. The van der Waals surface area contributed by atoms with Gasteiger partial charge in [0.2, 0.25) is 0 Å². The average Bonchev–Trinajstić information content (AvgIpc) is 2.74. The van der Waals surface area contributed by atoms with E-state index in [0.717, 1.165) is 40.9 Å². The van der Waals surface area contributed by atoms with Gasteiger partial charge in [0.05, 0.1) is 27.6 Å². The lowest BCUT2D eigenvalue weighted by Gasteiger charge is -2.18. The summed E-state index contributed by atoms with van der Waals surface area (Å²) in [4.78, 5) is 4.67. The van der Waals surface area contributed by atoms with E-state index in [4.69, 9.17) is 0 Å². The lowest BCUT2D eigenvalue weighted by Crippen LogP contribution is -2.25. The average molecular weight is 351 g/mol. The van der Waals surface area contributed by atoms with Gasteiger partial charge in [-0.1, -0.05) is 19.9 Å². The Kier molecular flexibility index (Phi) is 5.53. The molecule has 0 saturated carbocycles. The van der Waals surface area contributed by atoms with Crippen molar-refractivity contribution in [2.45, 2.75) is 39.7 Å². The lowest BCUT2D eigenvalue weighted by molar-refractivity contribution is 0.515. The Hall–Kier alpha value is -1.20. The zero-order valence-electron chi connectivity index (χ0n) is 13.2. The number of nitrogens with one attached hydrogen (secondary N) is 1. The number of halogens is 1. The highest BCUT2D eigenvalue weighted by atomic mass is 79.9. The summed E-state index contributed by atoms with van der Waals surface area (Å²) in [5.41, 5.74) is 4.46. The fourth-order valence-corrected chi connectivity index (χ4v) is 3.30. The molecule has 114 valence electrons. The fourth-order valence-electron chi connectivity index (χ4n) is 2.52. The minimum Gasteiger partial charge on any atom is -0.309 e. The molecule has 0 spiro atoms. The van der Waals surface area contributed by atoms with Crippen LogP contribution in [0.1, 0.15) is 42.7 Å². The van der Waals surface area contributed by atoms with Crippen LogP contribution >= 0.6 is 15.9 Å². The van der Waals surface area contributed by atoms with Crippen molar-refractivity contribution in [1.82, 2.24) is 20.1 Å². The largest absolute Gasteiger partial charge is 0.309 e. The molecule has 0 aliphatic rings. The third-order valence-electron chi connectivity index (χ3n) is 3.62. The number of likely N-dealkylation sites (N-methyl/N-ethyl adjacent to an activating group) is 1. The molecule has 1 unspecified atom stereocenters. The highest BCUT2D eigenvalue weighted by Crippen LogP contribution is 2.26. The molecule has 2 aromatic heterocycles. The number of pyridine rings is 1. The van der Waals surface area contributed by atoms with Gasteiger partial charge in [0.15, 0.2) is 0 Å². The van der Waals surface area contributed by atoms with E-state index in [1.807, 2.05) is 24.7 Å². The standard InChI is InChI=1S/C16H23BrN4/c1-5-12-16(17)15(21(4)20-12)10-14(18-6-2)13-9-7-8-11(3)19-13/h7-9,14,18H,5-6,10H2,1-4H3. The molecule has 0 radical (unpaired) electrons. The van der Waals surface area contributed by atoms with Gasteiger partial charge in [-0.3, -0.25) is 9.67 Å². The molecule has 2 aromatic rings. The Morgan fingerprint density at radius 2 is 2.10 bits per heavy atom. The molecule has 0 amide bonds. The van der Waals surface area contributed by atoms with E-state index in [2.05, 4.69) is 57.3 Å². The highest BCUT2D eigenvalue weighted by Gasteiger charge is 2.19. The topological polar surface area (TPSA) is 42.7 Å². The highest BCUT2D eigenvalue weighted by molar-refractivity contribution is 9.10. The second kappa shape index (κ2) is 7.18. The number of aromatic nitrogens is 3. The van der Waals surface area contributed by atoms with Crippen LogP contribution in [0.15, 0.2) is 22.7 Å². The van der Waals surface area contributed by atoms with Gasteiger partial charge < -0.3 is 5.32 Å². The van der Waals surface area contributed by atoms with Crippen molar-refractivity contribution in [2.75, 3.05) is 6.54 Å². The summed E-state index contributed by atoms with van der Waals surface area (Å²) in [7, 11) is 2.01. The molecule has 0 aliphatic heterocycles. The van der Waals surface area contributed by atoms with Crippen LogP contribution in [-0.4, -0.2) is 21.3 Å². The second-order valence-corrected chi connectivity index (χ2v) is 6.00. The summed E-state index contributed by atoms with van der Waals surface area (Å²) in [6, 6.07) is 6.39. The first kappa shape index (κ1) is 16.2. The molecule has 0 aromatic carbocycles. The van der Waals surface area contributed by atoms with Crippen LogP contribution in [0.3, 0.4) is 0 Å². The van der Waals surface area contributed by atoms with E-state index in [9.17, 15) is 0 Å². The Morgan fingerprint density at radius 3 is 2.67 bits per heavy atom. The maximum absolute atomic E-state index is 4.67. The van der Waals surface area contributed by atoms with Crippen LogP contribution in [0, 0.1) is 6.92 Å². The number of hydrogen-bond donors (Lipinski definition) is 1. The zero-order chi connectivity index (χ0) is 15.4. The van der Waals surface area contributed by atoms with Crippen molar-refractivity contribution in [3.05, 3.63) is 45.4 Å². The van der Waals surface area contributed by atoms with E-state index in [-0.39, 0.29) is 6.04 Å². The van der Waals surface area contributed by atoms with Crippen LogP contribution in [0.5, 0.6) is 0 Å². The van der Waals surface area contributed by atoms with Gasteiger partial charge in [-0.25, -0.2) is 0 Å². The minimum absolute atomic E-state index is 0.200. The third-order valence-corrected chi connectivity index (χ3v) is 4.53. The first-order valence-electron chi connectivity index (χ1n) is 7.44. The van der Waals surface area contributed by atoms with Gasteiger partial charge in [-0.05, 0) is 48.0 Å². The minimum atomic E-state index is 0.200. The van der Waals surface area contributed by atoms with Crippen molar-refractivity contribution in [2.24, 2.45) is 7.05 Å². The van der Waals surface area contributed by atoms with E-state index in [1.165, 1.54) is 5.69 Å². The second-order valence-electron chi connectivity index (χ2n) is 5.20. The molecule has 2 rings (SSSR count). The molecule has 1 atom stereocenters. The van der Waals surface area contributed by atoms with Crippen LogP contribution in [0.2, 0.25) is 0 Å². The molecule has 0 saturated heterocycles. The molecule has 0 aliphatic carbocycles. The number of aryl methyl sites for hydroxylation is 3. The Balaban J connectivity index is 2.30. The predicted molar refractivity (Wildman–Crippen MR) is 89.4 cm³/mol. The van der Waals surface area contributed by atoms with Crippen molar-refractivity contribution >= 4 is 15.9 Å². The number of nitrogens with zero attached hydrogens (tertiary/aromatic N) is 3. The van der Waals surface area contributed by atoms with Gasteiger partial charge in [-0.2, -0.15) is 5.10 Å². The molecule has 2 heterocycles. The normalized spacial score (nSPS) is 12.6. The lowest BCUT2D eigenvalue weighted by atomic mass is 10.1. The van der Waals surface area contributed by atoms with E-state index < -0.39 is 0 Å². The summed E-state index contributed by atoms with van der Waals surface area (Å²) in [5, 5.41) is 8.11. The Bertz CT molecular complexity index is 606. The van der Waals surface area contributed by atoms with Gasteiger partial charge in [0, 0.05) is 19.2 Å². The summed E-state index contributed by atoms with van der Waals surface area (Å²) in [5.74, 6) is 0. The summed E-state index contributed by atoms with van der Waals surface area (Å²) < 4.78 is 3.10. The number of rotatable bonds is 6. The summed E-state index contributed by atoms with van der Waals surface area (Å²) >= 11 is 3.70.